The molecule has 0 aliphatic heterocycles. The van der Waals surface area contributed by atoms with Gasteiger partial charge in [0.25, 0.3) is 0 Å². The minimum absolute atomic E-state index is 0.0789. The summed E-state index contributed by atoms with van der Waals surface area (Å²) < 4.78 is 15.3. The summed E-state index contributed by atoms with van der Waals surface area (Å²) in [6.45, 7) is 2.94. The van der Waals surface area contributed by atoms with Gasteiger partial charge in [0.05, 0.1) is 5.02 Å². The maximum Gasteiger partial charge on any atom is 0.146 e. The first-order chi connectivity index (χ1) is 10.1. The Labute approximate surface area is 138 Å². The fourth-order valence-corrected chi connectivity index (χ4v) is 2.70. The molecule has 21 heavy (non-hydrogen) atoms. The van der Waals surface area contributed by atoms with Crippen molar-refractivity contribution in [2.24, 2.45) is 0 Å². The topological polar surface area (TPSA) is 12.0 Å². The third-order valence-corrected chi connectivity index (χ3v) is 4.17. The molecule has 0 spiro atoms. The third kappa shape index (κ3) is 4.53. The highest BCUT2D eigenvalue weighted by molar-refractivity contribution is 9.10. The van der Waals surface area contributed by atoms with E-state index in [1.54, 1.807) is 18.2 Å². The number of benzene rings is 2. The Morgan fingerprint density at radius 1 is 1.19 bits per heavy atom. The molecular weight excluding hydrogens is 353 g/mol. The molecule has 0 saturated carbocycles. The van der Waals surface area contributed by atoms with Gasteiger partial charge in [-0.1, -0.05) is 58.7 Å². The Bertz CT molecular complexity index is 586. The number of nitrogens with one attached hydrogen (secondary N) is 1. The molecule has 2 rings (SSSR count). The van der Waals surface area contributed by atoms with Crippen LogP contribution in [-0.2, 0) is 6.42 Å². The van der Waals surface area contributed by atoms with E-state index in [2.05, 4.69) is 28.2 Å². The lowest BCUT2D eigenvalue weighted by Gasteiger charge is -2.20. The number of rotatable bonds is 6. The molecule has 112 valence electrons. The van der Waals surface area contributed by atoms with E-state index in [0.717, 1.165) is 29.4 Å². The molecule has 0 fully saturated rings. The molecular formula is C17H18BrClFN. The lowest BCUT2D eigenvalue weighted by atomic mass is 9.98. The normalized spacial score (nSPS) is 12.4. The van der Waals surface area contributed by atoms with Crippen molar-refractivity contribution in [3.8, 4) is 0 Å². The van der Waals surface area contributed by atoms with Gasteiger partial charge in [0, 0.05) is 16.1 Å². The quantitative estimate of drug-likeness (QED) is 0.705. The monoisotopic (exact) mass is 369 g/mol. The second-order valence-electron chi connectivity index (χ2n) is 4.98. The van der Waals surface area contributed by atoms with Crippen LogP contribution in [-0.4, -0.2) is 6.54 Å². The molecule has 1 unspecified atom stereocenters. The van der Waals surface area contributed by atoms with Crippen LogP contribution >= 0.6 is 27.5 Å². The molecule has 1 atom stereocenters. The summed E-state index contributed by atoms with van der Waals surface area (Å²) >= 11 is 9.33. The molecule has 0 saturated heterocycles. The van der Waals surface area contributed by atoms with Crippen molar-refractivity contribution in [3.63, 3.8) is 0 Å². The number of hydrogen-bond acceptors (Lipinski definition) is 1. The number of halogens is 3. The number of hydrogen-bond donors (Lipinski definition) is 1. The Balaban J connectivity index is 2.25. The van der Waals surface area contributed by atoms with Gasteiger partial charge in [-0.25, -0.2) is 4.39 Å². The average molecular weight is 371 g/mol. The smallest absolute Gasteiger partial charge is 0.146 e. The highest BCUT2D eigenvalue weighted by Gasteiger charge is 2.17. The first-order valence-electron chi connectivity index (χ1n) is 7.03. The fourth-order valence-electron chi connectivity index (χ4n) is 2.26. The summed E-state index contributed by atoms with van der Waals surface area (Å²) in [7, 11) is 0. The molecule has 0 aromatic heterocycles. The van der Waals surface area contributed by atoms with Crippen LogP contribution in [0.4, 0.5) is 4.39 Å². The van der Waals surface area contributed by atoms with E-state index in [1.807, 2.05) is 24.3 Å². The molecule has 1 nitrogen and oxygen atoms in total. The van der Waals surface area contributed by atoms with E-state index in [9.17, 15) is 4.39 Å². The molecule has 0 bridgehead atoms. The van der Waals surface area contributed by atoms with Crippen molar-refractivity contribution in [3.05, 3.63) is 68.9 Å². The first-order valence-corrected chi connectivity index (χ1v) is 8.20. The maximum atomic E-state index is 14.3. The van der Waals surface area contributed by atoms with Crippen molar-refractivity contribution >= 4 is 27.5 Å². The zero-order valence-electron chi connectivity index (χ0n) is 11.9. The predicted octanol–water partition coefficient (Wildman–Crippen LogP) is 5.53. The molecule has 0 aliphatic carbocycles. The second kappa shape index (κ2) is 7.92. The van der Waals surface area contributed by atoms with Gasteiger partial charge in [-0.2, -0.15) is 0 Å². The van der Waals surface area contributed by atoms with Crippen LogP contribution in [0.5, 0.6) is 0 Å². The first kappa shape index (κ1) is 16.5. The fraction of sp³-hybridized carbons (Fsp3) is 0.294. The summed E-state index contributed by atoms with van der Waals surface area (Å²) in [6, 6.07) is 13.2. The molecule has 2 aromatic carbocycles. The van der Waals surface area contributed by atoms with Crippen LogP contribution < -0.4 is 5.32 Å². The lowest BCUT2D eigenvalue weighted by Crippen LogP contribution is -2.25. The summed E-state index contributed by atoms with van der Waals surface area (Å²) in [4.78, 5) is 0. The molecule has 0 aliphatic rings. The zero-order chi connectivity index (χ0) is 15.2. The van der Waals surface area contributed by atoms with Crippen molar-refractivity contribution in [1.29, 1.82) is 0 Å². The van der Waals surface area contributed by atoms with Gasteiger partial charge in [-0.05, 0) is 43.1 Å². The Kier molecular flexibility index (Phi) is 6.22. The second-order valence-corrected chi connectivity index (χ2v) is 6.30. The van der Waals surface area contributed by atoms with Gasteiger partial charge in [0.15, 0.2) is 0 Å². The van der Waals surface area contributed by atoms with Crippen LogP contribution in [0.15, 0.2) is 46.9 Å². The van der Waals surface area contributed by atoms with Gasteiger partial charge in [0.1, 0.15) is 5.82 Å². The molecule has 1 N–H and O–H groups in total. The predicted molar refractivity (Wildman–Crippen MR) is 90.3 cm³/mol. The summed E-state index contributed by atoms with van der Waals surface area (Å²) in [5.41, 5.74) is 1.78. The standard InChI is InChI=1S/C17H18BrClFN/c1-2-10-21-16(11-12-6-8-13(18)9-7-12)14-4-3-5-15(19)17(14)20/h3-9,16,21H,2,10-11H2,1H3. The van der Waals surface area contributed by atoms with E-state index in [0.29, 0.717) is 5.56 Å². The lowest BCUT2D eigenvalue weighted by molar-refractivity contribution is 0.497. The molecule has 2 aromatic rings. The van der Waals surface area contributed by atoms with E-state index in [4.69, 9.17) is 11.6 Å². The molecule has 4 heteroatoms. The van der Waals surface area contributed by atoms with Gasteiger partial charge < -0.3 is 5.32 Å². The summed E-state index contributed by atoms with van der Waals surface area (Å²) in [6.07, 6.45) is 1.73. The van der Waals surface area contributed by atoms with Crippen LogP contribution in [0.25, 0.3) is 0 Å². The van der Waals surface area contributed by atoms with Crippen LogP contribution in [0.3, 0.4) is 0 Å². The van der Waals surface area contributed by atoms with E-state index < -0.39 is 0 Å². The summed E-state index contributed by atoms with van der Waals surface area (Å²) in [5.74, 6) is -0.329. The molecule has 0 radical (unpaired) electrons. The highest BCUT2D eigenvalue weighted by atomic mass is 79.9. The highest BCUT2D eigenvalue weighted by Crippen LogP contribution is 2.26. The van der Waals surface area contributed by atoms with Crippen molar-refractivity contribution in [1.82, 2.24) is 5.32 Å². The SMILES string of the molecule is CCCNC(Cc1ccc(Br)cc1)c1cccc(Cl)c1F. The van der Waals surface area contributed by atoms with E-state index >= 15 is 0 Å². The zero-order valence-corrected chi connectivity index (χ0v) is 14.2. The Hall–Kier alpha value is -0.900. The average Bonchev–Trinajstić information content (AvgIpc) is 2.48. The minimum Gasteiger partial charge on any atom is -0.310 e. The third-order valence-electron chi connectivity index (χ3n) is 3.35. The largest absolute Gasteiger partial charge is 0.310 e. The molecule has 0 amide bonds. The minimum atomic E-state index is -0.329. The van der Waals surface area contributed by atoms with E-state index in [1.165, 1.54) is 0 Å². The van der Waals surface area contributed by atoms with Crippen molar-refractivity contribution in [2.75, 3.05) is 6.54 Å². The van der Waals surface area contributed by atoms with Crippen LogP contribution in [0.2, 0.25) is 5.02 Å². The van der Waals surface area contributed by atoms with E-state index in [-0.39, 0.29) is 16.9 Å². The van der Waals surface area contributed by atoms with Crippen LogP contribution in [0, 0.1) is 5.82 Å². The Morgan fingerprint density at radius 3 is 2.57 bits per heavy atom. The maximum absolute atomic E-state index is 14.3. The van der Waals surface area contributed by atoms with Gasteiger partial charge in [-0.3, -0.25) is 0 Å². The molecule has 0 heterocycles. The Morgan fingerprint density at radius 2 is 1.90 bits per heavy atom. The van der Waals surface area contributed by atoms with Gasteiger partial charge in [0.2, 0.25) is 0 Å². The van der Waals surface area contributed by atoms with Crippen molar-refractivity contribution < 1.29 is 4.39 Å². The van der Waals surface area contributed by atoms with Gasteiger partial charge in [-0.15, -0.1) is 0 Å². The van der Waals surface area contributed by atoms with Crippen molar-refractivity contribution in [2.45, 2.75) is 25.8 Å². The van der Waals surface area contributed by atoms with Gasteiger partial charge >= 0.3 is 0 Å². The van der Waals surface area contributed by atoms with Crippen LogP contribution in [0.1, 0.15) is 30.5 Å². The summed E-state index contributed by atoms with van der Waals surface area (Å²) in [5, 5.41) is 3.58.